The Kier molecular flexibility index (Phi) is 10.3. The topological polar surface area (TPSA) is 145 Å². The normalized spacial score (nSPS) is 16.8. The fraction of sp³-hybridized carbons (Fsp3) is 0.423. The Morgan fingerprint density at radius 3 is 2.41 bits per heavy atom. The maximum atomic E-state index is 13.2. The van der Waals surface area contributed by atoms with Crippen LogP contribution in [0, 0.1) is 0 Å². The number of carbonyl (C=O) groups is 3. The molecule has 3 rings (SSSR count). The first-order valence-corrected chi connectivity index (χ1v) is 13.5. The second kappa shape index (κ2) is 13.4. The lowest BCUT2D eigenvalue weighted by atomic mass is 10.0. The van der Waals surface area contributed by atoms with Gasteiger partial charge in [-0.05, 0) is 36.1 Å². The second-order valence-corrected chi connectivity index (χ2v) is 10.6. The average Bonchev–Trinajstić information content (AvgIpc) is 3.41. The van der Waals surface area contributed by atoms with E-state index in [4.69, 9.17) is 15.2 Å². The van der Waals surface area contributed by atoms with E-state index in [0.29, 0.717) is 26.0 Å². The van der Waals surface area contributed by atoms with E-state index in [2.05, 4.69) is 5.32 Å². The molecule has 0 aromatic heterocycles. The predicted octanol–water partition coefficient (Wildman–Crippen LogP) is 0.827. The van der Waals surface area contributed by atoms with Gasteiger partial charge < -0.3 is 20.5 Å². The minimum absolute atomic E-state index is 0.00637. The molecular formula is C26H33N3O7S. The first-order valence-electron chi connectivity index (χ1n) is 12.1. The molecule has 0 radical (unpaired) electrons. The van der Waals surface area contributed by atoms with E-state index in [-0.39, 0.29) is 36.7 Å². The van der Waals surface area contributed by atoms with Gasteiger partial charge in [-0.3, -0.25) is 9.59 Å². The summed E-state index contributed by atoms with van der Waals surface area (Å²) in [5.41, 5.74) is 6.88. The van der Waals surface area contributed by atoms with Crippen molar-refractivity contribution >= 4 is 27.7 Å². The van der Waals surface area contributed by atoms with Crippen molar-refractivity contribution in [3.63, 3.8) is 0 Å². The van der Waals surface area contributed by atoms with E-state index in [1.54, 1.807) is 42.5 Å². The molecule has 1 amide bonds. The third-order valence-electron chi connectivity index (χ3n) is 6.05. The fourth-order valence-electron chi connectivity index (χ4n) is 4.20. The minimum atomic E-state index is -3.86. The zero-order chi connectivity index (χ0) is 26.8. The van der Waals surface area contributed by atoms with Crippen molar-refractivity contribution in [3.8, 4) is 0 Å². The summed E-state index contributed by atoms with van der Waals surface area (Å²) in [5, 5.41) is 2.69. The second-order valence-electron chi connectivity index (χ2n) is 8.75. The summed E-state index contributed by atoms with van der Waals surface area (Å²) in [6, 6.07) is 13.1. The maximum Gasteiger partial charge on any atom is 0.328 e. The van der Waals surface area contributed by atoms with E-state index in [1.165, 1.54) is 23.5 Å². The molecule has 0 aliphatic carbocycles. The zero-order valence-corrected chi connectivity index (χ0v) is 21.6. The number of sulfonamides is 1. The third-order valence-corrected chi connectivity index (χ3v) is 7.97. The van der Waals surface area contributed by atoms with E-state index in [0.717, 1.165) is 11.1 Å². The van der Waals surface area contributed by atoms with Gasteiger partial charge in [0.2, 0.25) is 15.9 Å². The number of nitrogens with zero attached hydrogens (tertiary/aromatic N) is 1. The quantitative estimate of drug-likeness (QED) is 0.286. The Labute approximate surface area is 217 Å². The highest BCUT2D eigenvalue weighted by Gasteiger charge is 2.40. The van der Waals surface area contributed by atoms with Gasteiger partial charge in [-0.1, -0.05) is 42.5 Å². The van der Waals surface area contributed by atoms with Crippen LogP contribution >= 0.6 is 0 Å². The molecule has 11 heteroatoms. The summed E-state index contributed by atoms with van der Waals surface area (Å²) < 4.78 is 37.5. The smallest absolute Gasteiger partial charge is 0.328 e. The Hall–Kier alpha value is -3.12. The molecule has 2 atom stereocenters. The summed E-state index contributed by atoms with van der Waals surface area (Å²) in [5.74, 6) is -1.26. The van der Waals surface area contributed by atoms with E-state index < -0.39 is 34.0 Å². The van der Waals surface area contributed by atoms with Gasteiger partial charge in [0, 0.05) is 25.9 Å². The largest absolute Gasteiger partial charge is 0.467 e. The highest BCUT2D eigenvalue weighted by atomic mass is 32.2. The van der Waals surface area contributed by atoms with Crippen LogP contribution in [0.2, 0.25) is 0 Å². The number of nitrogens with one attached hydrogen (secondary N) is 1. The lowest BCUT2D eigenvalue weighted by molar-refractivity contribution is -0.145. The SMILES string of the molecule is COC(=O)[C@H](Cc1ccc(CC(=O)COCCN)cc1)NC(=O)[C@@H]1CCCN1S(=O)(=O)c1ccccc1. The van der Waals surface area contributed by atoms with E-state index in [1.807, 2.05) is 0 Å². The van der Waals surface area contributed by atoms with Crippen molar-refractivity contribution in [1.82, 2.24) is 9.62 Å². The number of ketones is 1. The van der Waals surface area contributed by atoms with Gasteiger partial charge in [-0.15, -0.1) is 0 Å². The molecule has 0 unspecified atom stereocenters. The molecule has 200 valence electrons. The van der Waals surface area contributed by atoms with E-state index >= 15 is 0 Å². The van der Waals surface area contributed by atoms with Crippen LogP contribution in [0.3, 0.4) is 0 Å². The Morgan fingerprint density at radius 1 is 1.08 bits per heavy atom. The molecule has 1 aliphatic heterocycles. The van der Waals surface area contributed by atoms with Crippen LogP contribution in [0.1, 0.15) is 24.0 Å². The van der Waals surface area contributed by atoms with Crippen LogP contribution in [-0.4, -0.2) is 75.9 Å². The van der Waals surface area contributed by atoms with Gasteiger partial charge in [-0.25, -0.2) is 13.2 Å². The molecular weight excluding hydrogens is 498 g/mol. The minimum Gasteiger partial charge on any atom is -0.467 e. The van der Waals surface area contributed by atoms with Gasteiger partial charge in [0.15, 0.2) is 5.78 Å². The third kappa shape index (κ3) is 7.68. The molecule has 1 saturated heterocycles. The summed E-state index contributed by atoms with van der Waals surface area (Å²) in [7, 11) is -2.64. The van der Waals surface area contributed by atoms with Crippen molar-refractivity contribution in [2.75, 3.05) is 33.4 Å². The number of rotatable bonds is 13. The van der Waals surface area contributed by atoms with Crippen LogP contribution in [0.25, 0.3) is 0 Å². The lowest BCUT2D eigenvalue weighted by Gasteiger charge is -2.25. The Balaban J connectivity index is 1.66. The average molecular weight is 532 g/mol. The molecule has 37 heavy (non-hydrogen) atoms. The molecule has 3 N–H and O–H groups in total. The molecule has 2 aromatic rings. The van der Waals surface area contributed by atoms with Gasteiger partial charge in [-0.2, -0.15) is 4.31 Å². The van der Waals surface area contributed by atoms with Crippen molar-refractivity contribution in [2.45, 2.75) is 42.7 Å². The summed E-state index contributed by atoms with van der Waals surface area (Å²) >= 11 is 0. The number of hydrogen-bond donors (Lipinski definition) is 2. The van der Waals surface area contributed by atoms with Gasteiger partial charge in [0.05, 0.1) is 18.6 Å². The van der Waals surface area contributed by atoms with E-state index in [9.17, 15) is 22.8 Å². The molecule has 2 aromatic carbocycles. The summed E-state index contributed by atoms with van der Waals surface area (Å²) in [4.78, 5) is 37.7. The molecule has 0 saturated carbocycles. The zero-order valence-electron chi connectivity index (χ0n) is 20.8. The molecule has 10 nitrogen and oxygen atoms in total. The number of methoxy groups -OCH3 is 1. The first-order chi connectivity index (χ1) is 17.8. The predicted molar refractivity (Wildman–Crippen MR) is 136 cm³/mol. The molecule has 1 aliphatic rings. The van der Waals surface area contributed by atoms with Crippen molar-refractivity contribution < 1.29 is 32.3 Å². The number of nitrogens with two attached hydrogens (primary N) is 1. The summed E-state index contributed by atoms with van der Waals surface area (Å²) in [6.07, 6.45) is 1.23. The van der Waals surface area contributed by atoms with Gasteiger partial charge >= 0.3 is 5.97 Å². The number of Topliss-reactive ketones (excluding diaryl/α,β-unsaturated/α-hetero) is 1. The monoisotopic (exact) mass is 531 g/mol. The van der Waals surface area contributed by atoms with Crippen LogP contribution < -0.4 is 11.1 Å². The number of benzene rings is 2. The number of ether oxygens (including phenoxy) is 2. The van der Waals surface area contributed by atoms with Crippen LogP contribution in [0.4, 0.5) is 0 Å². The van der Waals surface area contributed by atoms with Crippen LogP contribution in [0.15, 0.2) is 59.5 Å². The Bertz CT molecular complexity index is 1170. The van der Waals surface area contributed by atoms with Crippen molar-refractivity contribution in [1.29, 1.82) is 0 Å². The molecule has 1 fully saturated rings. The first kappa shape index (κ1) is 28.5. The van der Waals surface area contributed by atoms with Crippen molar-refractivity contribution in [2.24, 2.45) is 5.73 Å². The number of hydrogen-bond acceptors (Lipinski definition) is 8. The van der Waals surface area contributed by atoms with Crippen LogP contribution in [0.5, 0.6) is 0 Å². The van der Waals surface area contributed by atoms with Gasteiger partial charge in [0.1, 0.15) is 18.7 Å². The van der Waals surface area contributed by atoms with Gasteiger partial charge in [0.25, 0.3) is 0 Å². The van der Waals surface area contributed by atoms with Crippen molar-refractivity contribution in [3.05, 3.63) is 65.7 Å². The molecule has 1 heterocycles. The highest BCUT2D eigenvalue weighted by Crippen LogP contribution is 2.26. The Morgan fingerprint density at radius 2 is 1.76 bits per heavy atom. The standard InChI is InChI=1S/C26H33N3O7S/c1-35-26(32)23(17-20-11-9-19(10-12-20)16-21(30)18-36-15-13-27)28-25(31)24-8-5-14-29(24)37(33,34)22-6-3-2-4-7-22/h2-4,6-7,9-12,23-24H,5,8,13-18,27H2,1H3,(H,28,31)/t23-,24-/m0/s1. The maximum absolute atomic E-state index is 13.2. The molecule has 0 bridgehead atoms. The van der Waals surface area contributed by atoms with Crippen LogP contribution in [-0.2, 0) is 46.7 Å². The number of carbonyl (C=O) groups excluding carboxylic acids is 3. The lowest BCUT2D eigenvalue weighted by Crippen LogP contribution is -2.51. The molecule has 0 spiro atoms. The number of amides is 1. The number of esters is 1. The highest BCUT2D eigenvalue weighted by molar-refractivity contribution is 7.89. The fourth-order valence-corrected chi connectivity index (χ4v) is 5.88. The summed E-state index contributed by atoms with van der Waals surface area (Å²) in [6.45, 7) is 0.882.